The number of hydrogen-bond donors (Lipinski definition) is 1. The van der Waals surface area contributed by atoms with E-state index in [1.165, 1.54) is 0 Å². The normalized spacial score (nSPS) is 12.8. The first-order chi connectivity index (χ1) is 7.65. The van der Waals surface area contributed by atoms with Gasteiger partial charge in [0.05, 0.1) is 6.61 Å². The van der Waals surface area contributed by atoms with Crippen molar-refractivity contribution in [2.24, 2.45) is 5.73 Å². The molecule has 1 aromatic carbocycles. The lowest BCUT2D eigenvalue weighted by Crippen LogP contribution is -2.15. The number of para-hydroxylation sites is 1. The van der Waals surface area contributed by atoms with Gasteiger partial charge in [-0.1, -0.05) is 32.0 Å². The van der Waals surface area contributed by atoms with Gasteiger partial charge >= 0.3 is 0 Å². The van der Waals surface area contributed by atoms with E-state index in [0.29, 0.717) is 11.9 Å². The van der Waals surface area contributed by atoms with Crippen molar-refractivity contribution in [2.45, 2.75) is 32.1 Å². The van der Waals surface area contributed by atoms with Gasteiger partial charge in [0.15, 0.2) is 0 Å². The Kier molecular flexibility index (Phi) is 5.71. The summed E-state index contributed by atoms with van der Waals surface area (Å²) in [5.74, 6) is 1.85. The molecule has 0 saturated heterocycles. The van der Waals surface area contributed by atoms with Crippen LogP contribution in [0.2, 0.25) is 0 Å². The molecule has 1 unspecified atom stereocenters. The van der Waals surface area contributed by atoms with Crippen molar-refractivity contribution in [2.75, 3.05) is 12.4 Å². The highest BCUT2D eigenvalue weighted by Crippen LogP contribution is 2.26. The van der Waals surface area contributed by atoms with Crippen LogP contribution in [0.1, 0.15) is 32.4 Å². The molecule has 2 nitrogen and oxygen atoms in total. The molecule has 3 heteroatoms. The van der Waals surface area contributed by atoms with E-state index in [9.17, 15) is 0 Å². The highest BCUT2D eigenvalue weighted by Gasteiger charge is 2.12. The van der Waals surface area contributed by atoms with Crippen molar-refractivity contribution in [1.82, 2.24) is 0 Å². The van der Waals surface area contributed by atoms with Crippen molar-refractivity contribution in [3.05, 3.63) is 29.8 Å². The summed E-state index contributed by atoms with van der Waals surface area (Å²) in [4.78, 5) is 0. The van der Waals surface area contributed by atoms with E-state index >= 15 is 0 Å². The smallest absolute Gasteiger partial charge is 0.124 e. The first-order valence-electron chi connectivity index (χ1n) is 5.74. The topological polar surface area (TPSA) is 35.2 Å². The molecule has 0 aromatic heterocycles. The molecule has 0 aliphatic heterocycles. The molecule has 0 saturated carbocycles. The lowest BCUT2D eigenvalue weighted by molar-refractivity contribution is 0.335. The molecule has 2 N–H and O–H groups in total. The SMILES string of the molecule is CCOc1ccccc1C(N)CSC(C)C. The molecule has 0 spiro atoms. The Hall–Kier alpha value is -0.670. The highest BCUT2D eigenvalue weighted by atomic mass is 32.2. The lowest BCUT2D eigenvalue weighted by atomic mass is 10.1. The first kappa shape index (κ1) is 13.4. The summed E-state index contributed by atoms with van der Waals surface area (Å²) in [6.45, 7) is 7.05. The maximum Gasteiger partial charge on any atom is 0.124 e. The van der Waals surface area contributed by atoms with Crippen molar-refractivity contribution in [1.29, 1.82) is 0 Å². The minimum atomic E-state index is 0.0511. The van der Waals surface area contributed by atoms with E-state index < -0.39 is 0 Å². The summed E-state index contributed by atoms with van der Waals surface area (Å²) in [6.07, 6.45) is 0. The summed E-state index contributed by atoms with van der Waals surface area (Å²) in [5.41, 5.74) is 7.28. The van der Waals surface area contributed by atoms with Crippen LogP contribution < -0.4 is 10.5 Å². The Bertz CT molecular complexity index is 315. The zero-order valence-electron chi connectivity index (χ0n) is 10.3. The fraction of sp³-hybridized carbons (Fsp3) is 0.538. The number of ether oxygens (including phenoxy) is 1. The van der Waals surface area contributed by atoms with Crippen LogP contribution in [0.4, 0.5) is 0 Å². The number of rotatable bonds is 6. The third-order valence-corrected chi connectivity index (χ3v) is 3.45. The van der Waals surface area contributed by atoms with Gasteiger partial charge in [0.25, 0.3) is 0 Å². The van der Waals surface area contributed by atoms with Gasteiger partial charge in [-0.05, 0) is 18.2 Å². The highest BCUT2D eigenvalue weighted by molar-refractivity contribution is 7.99. The minimum absolute atomic E-state index is 0.0511. The third kappa shape index (κ3) is 4.06. The average Bonchev–Trinajstić information content (AvgIpc) is 2.27. The van der Waals surface area contributed by atoms with Gasteiger partial charge in [0, 0.05) is 17.4 Å². The van der Waals surface area contributed by atoms with Crippen LogP contribution in [0.5, 0.6) is 5.75 Å². The van der Waals surface area contributed by atoms with E-state index in [1.54, 1.807) is 0 Å². The summed E-state index contributed by atoms with van der Waals surface area (Å²) in [5, 5.41) is 0.616. The largest absolute Gasteiger partial charge is 0.494 e. The van der Waals surface area contributed by atoms with E-state index in [0.717, 1.165) is 17.1 Å². The van der Waals surface area contributed by atoms with Gasteiger partial charge in [-0.3, -0.25) is 0 Å². The summed E-state index contributed by atoms with van der Waals surface area (Å²) in [7, 11) is 0. The van der Waals surface area contributed by atoms with Crippen LogP contribution in [0.15, 0.2) is 24.3 Å². The fourth-order valence-electron chi connectivity index (χ4n) is 1.46. The molecule has 90 valence electrons. The second-order valence-corrected chi connectivity index (χ2v) is 5.57. The van der Waals surface area contributed by atoms with Crippen molar-refractivity contribution < 1.29 is 4.74 Å². The molecule has 0 amide bonds. The molecule has 0 heterocycles. The predicted octanol–water partition coefficient (Wildman–Crippen LogP) is 3.23. The van der Waals surface area contributed by atoms with Gasteiger partial charge in [-0.2, -0.15) is 11.8 Å². The number of benzene rings is 1. The third-order valence-electron chi connectivity index (χ3n) is 2.23. The van der Waals surface area contributed by atoms with Crippen LogP contribution in [0.3, 0.4) is 0 Å². The fourth-order valence-corrected chi connectivity index (χ4v) is 2.23. The zero-order chi connectivity index (χ0) is 12.0. The monoisotopic (exact) mass is 239 g/mol. The van der Waals surface area contributed by atoms with Gasteiger partial charge in [0.2, 0.25) is 0 Å². The Morgan fingerprint density at radius 3 is 2.62 bits per heavy atom. The molecular weight excluding hydrogens is 218 g/mol. The van der Waals surface area contributed by atoms with E-state index in [2.05, 4.69) is 19.9 Å². The van der Waals surface area contributed by atoms with Crippen LogP contribution in [0.25, 0.3) is 0 Å². The van der Waals surface area contributed by atoms with Gasteiger partial charge in [0.1, 0.15) is 5.75 Å². The molecule has 0 radical (unpaired) electrons. The van der Waals surface area contributed by atoms with E-state index in [-0.39, 0.29) is 6.04 Å². The molecule has 16 heavy (non-hydrogen) atoms. The van der Waals surface area contributed by atoms with Gasteiger partial charge < -0.3 is 10.5 Å². The van der Waals surface area contributed by atoms with Crippen LogP contribution in [0, 0.1) is 0 Å². The molecule has 0 bridgehead atoms. The van der Waals surface area contributed by atoms with Gasteiger partial charge in [-0.15, -0.1) is 0 Å². The zero-order valence-corrected chi connectivity index (χ0v) is 11.1. The summed E-state index contributed by atoms with van der Waals surface area (Å²) < 4.78 is 5.58. The molecule has 0 aliphatic carbocycles. The minimum Gasteiger partial charge on any atom is -0.494 e. The summed E-state index contributed by atoms with van der Waals surface area (Å²) >= 11 is 1.88. The maximum absolute atomic E-state index is 6.17. The van der Waals surface area contributed by atoms with Gasteiger partial charge in [-0.25, -0.2) is 0 Å². The summed E-state index contributed by atoms with van der Waals surface area (Å²) in [6, 6.07) is 8.08. The van der Waals surface area contributed by atoms with E-state index in [1.807, 2.05) is 36.9 Å². The standard InChI is InChI=1S/C13H21NOS/c1-4-15-13-8-6-5-7-11(13)12(14)9-16-10(2)3/h5-8,10,12H,4,9,14H2,1-3H3. The Balaban J connectivity index is 2.69. The van der Waals surface area contributed by atoms with Crippen molar-refractivity contribution in [3.63, 3.8) is 0 Å². The molecule has 0 fully saturated rings. The van der Waals surface area contributed by atoms with Crippen molar-refractivity contribution in [3.8, 4) is 5.75 Å². The molecular formula is C13H21NOS. The molecule has 1 atom stereocenters. The lowest BCUT2D eigenvalue weighted by Gasteiger charge is -2.17. The Morgan fingerprint density at radius 2 is 2.00 bits per heavy atom. The number of thioether (sulfide) groups is 1. The quantitative estimate of drug-likeness (QED) is 0.828. The van der Waals surface area contributed by atoms with Crippen LogP contribution >= 0.6 is 11.8 Å². The first-order valence-corrected chi connectivity index (χ1v) is 6.79. The maximum atomic E-state index is 6.17. The molecule has 0 aliphatic rings. The van der Waals surface area contributed by atoms with Crippen LogP contribution in [-0.4, -0.2) is 17.6 Å². The average molecular weight is 239 g/mol. The molecule has 1 rings (SSSR count). The predicted molar refractivity (Wildman–Crippen MR) is 72.1 cm³/mol. The Morgan fingerprint density at radius 1 is 1.31 bits per heavy atom. The van der Waals surface area contributed by atoms with E-state index in [4.69, 9.17) is 10.5 Å². The second kappa shape index (κ2) is 6.81. The number of nitrogens with two attached hydrogens (primary N) is 1. The van der Waals surface area contributed by atoms with Crippen molar-refractivity contribution >= 4 is 11.8 Å². The Labute approximate surface area is 103 Å². The second-order valence-electron chi connectivity index (χ2n) is 3.96. The molecule has 1 aromatic rings. The van der Waals surface area contributed by atoms with Crippen LogP contribution in [-0.2, 0) is 0 Å². The number of hydrogen-bond acceptors (Lipinski definition) is 3.